The summed E-state index contributed by atoms with van der Waals surface area (Å²) in [6.07, 6.45) is 3.81. The fraction of sp³-hybridized carbons (Fsp3) is 0.652. The van der Waals surface area contributed by atoms with Crippen molar-refractivity contribution < 1.29 is 9.59 Å². The van der Waals surface area contributed by atoms with Crippen LogP contribution in [0.2, 0.25) is 0 Å². The molecular formula is C23H34O2S. The van der Waals surface area contributed by atoms with E-state index >= 15 is 0 Å². The van der Waals surface area contributed by atoms with Gasteiger partial charge in [0.2, 0.25) is 0 Å². The molecule has 0 saturated heterocycles. The van der Waals surface area contributed by atoms with Crippen molar-refractivity contribution in [3.8, 4) is 0 Å². The van der Waals surface area contributed by atoms with Crippen LogP contribution in [0, 0.1) is 12.8 Å². The Hall–Kier alpha value is -1.09. The van der Waals surface area contributed by atoms with Gasteiger partial charge in [0.05, 0.1) is 0 Å². The van der Waals surface area contributed by atoms with Crippen LogP contribution >= 0.6 is 11.8 Å². The number of rotatable bonds is 7. The average Bonchev–Trinajstić information content (AvgIpc) is 2.53. The van der Waals surface area contributed by atoms with Crippen molar-refractivity contribution in [1.29, 1.82) is 0 Å². The minimum Gasteiger partial charge on any atom is -0.299 e. The zero-order valence-electron chi connectivity index (χ0n) is 17.2. The van der Waals surface area contributed by atoms with Crippen LogP contribution < -0.4 is 0 Å². The van der Waals surface area contributed by atoms with Gasteiger partial charge in [-0.2, -0.15) is 11.8 Å². The lowest BCUT2D eigenvalue weighted by atomic mass is 9.72. The van der Waals surface area contributed by atoms with Crippen LogP contribution in [0.15, 0.2) is 12.1 Å². The first-order valence-corrected chi connectivity index (χ1v) is 11.0. The van der Waals surface area contributed by atoms with Crippen molar-refractivity contribution in [2.75, 3.05) is 0 Å². The molecule has 3 heteroatoms. The quantitative estimate of drug-likeness (QED) is 0.577. The molecule has 1 aromatic rings. The Morgan fingerprint density at radius 1 is 1.00 bits per heavy atom. The van der Waals surface area contributed by atoms with E-state index in [1.807, 2.05) is 11.8 Å². The highest BCUT2D eigenvalue weighted by atomic mass is 32.2. The van der Waals surface area contributed by atoms with Gasteiger partial charge in [-0.15, -0.1) is 0 Å². The van der Waals surface area contributed by atoms with Crippen LogP contribution in [0.25, 0.3) is 0 Å². The first-order chi connectivity index (χ1) is 12.3. The van der Waals surface area contributed by atoms with Crippen LogP contribution in [0.3, 0.4) is 0 Å². The number of Topliss-reactive ketones (excluding diaryl/α,β-unsaturated/α-hetero) is 2. The van der Waals surface area contributed by atoms with Gasteiger partial charge in [0, 0.05) is 18.1 Å². The molecule has 0 aliphatic heterocycles. The molecule has 0 heterocycles. The van der Waals surface area contributed by atoms with E-state index in [-0.39, 0.29) is 17.5 Å². The molecule has 144 valence electrons. The molecule has 0 N–H and O–H groups in total. The maximum absolute atomic E-state index is 13.0. The predicted molar refractivity (Wildman–Crippen MR) is 112 cm³/mol. The molecule has 1 aliphatic carbocycles. The maximum Gasteiger partial charge on any atom is 0.148 e. The number of carbonyl (C=O) groups excluding carboxylic acids is 2. The van der Waals surface area contributed by atoms with Crippen molar-refractivity contribution in [3.63, 3.8) is 0 Å². The Bertz CT molecular complexity index is 619. The van der Waals surface area contributed by atoms with Crippen molar-refractivity contribution in [2.24, 2.45) is 5.92 Å². The zero-order chi connectivity index (χ0) is 19.4. The van der Waals surface area contributed by atoms with E-state index < -0.39 is 5.92 Å². The second-order valence-electron chi connectivity index (χ2n) is 8.08. The lowest BCUT2D eigenvalue weighted by Gasteiger charge is -2.30. The fourth-order valence-corrected chi connectivity index (χ4v) is 5.76. The van der Waals surface area contributed by atoms with Crippen molar-refractivity contribution in [3.05, 3.63) is 34.4 Å². The fourth-order valence-electron chi connectivity index (χ4n) is 4.44. The number of hydrogen-bond acceptors (Lipinski definition) is 3. The molecule has 1 aromatic carbocycles. The number of carbonyl (C=O) groups is 2. The summed E-state index contributed by atoms with van der Waals surface area (Å²) in [5.74, 6) is -0.0274. The van der Waals surface area contributed by atoms with Crippen LogP contribution in [0.5, 0.6) is 0 Å². The molecule has 0 amide bonds. The van der Waals surface area contributed by atoms with Gasteiger partial charge < -0.3 is 0 Å². The number of benzene rings is 1. The molecule has 1 saturated carbocycles. The molecule has 0 spiro atoms. The Balaban J connectivity index is 2.24. The highest BCUT2D eigenvalue weighted by Gasteiger charge is 2.38. The molecule has 1 aliphatic rings. The molecule has 26 heavy (non-hydrogen) atoms. The summed E-state index contributed by atoms with van der Waals surface area (Å²) >= 11 is 1.94. The van der Waals surface area contributed by atoms with Crippen LogP contribution in [-0.2, 0) is 22.4 Å². The zero-order valence-corrected chi connectivity index (χ0v) is 18.0. The summed E-state index contributed by atoms with van der Waals surface area (Å²) in [7, 11) is 0. The van der Waals surface area contributed by atoms with E-state index in [1.165, 1.54) is 16.7 Å². The second-order valence-corrected chi connectivity index (χ2v) is 10.1. The van der Waals surface area contributed by atoms with E-state index in [4.69, 9.17) is 0 Å². The van der Waals surface area contributed by atoms with Crippen LogP contribution in [0.4, 0.5) is 0 Å². The van der Waals surface area contributed by atoms with Gasteiger partial charge in [0.1, 0.15) is 17.5 Å². The lowest BCUT2D eigenvalue weighted by molar-refractivity contribution is -0.133. The summed E-state index contributed by atoms with van der Waals surface area (Å²) in [4.78, 5) is 26.0. The molecule has 0 bridgehead atoms. The third-order valence-electron chi connectivity index (χ3n) is 5.34. The molecule has 2 rings (SSSR count). The first kappa shape index (κ1) is 21.2. The van der Waals surface area contributed by atoms with Crippen molar-refractivity contribution in [1.82, 2.24) is 0 Å². The van der Waals surface area contributed by atoms with E-state index in [0.717, 1.165) is 24.8 Å². The molecule has 1 unspecified atom stereocenters. The van der Waals surface area contributed by atoms with Gasteiger partial charge in [0.15, 0.2) is 0 Å². The van der Waals surface area contributed by atoms with Gasteiger partial charge in [-0.3, -0.25) is 9.59 Å². The maximum atomic E-state index is 13.0. The van der Waals surface area contributed by atoms with Gasteiger partial charge in [0.25, 0.3) is 0 Å². The Kier molecular flexibility index (Phi) is 7.52. The Labute approximate surface area is 163 Å². The van der Waals surface area contributed by atoms with E-state index in [0.29, 0.717) is 23.3 Å². The molecule has 1 fully saturated rings. The predicted octanol–water partition coefficient (Wildman–Crippen LogP) is 5.67. The summed E-state index contributed by atoms with van der Waals surface area (Å²) in [5, 5.41) is 1.08. The first-order valence-electron chi connectivity index (χ1n) is 10.1. The van der Waals surface area contributed by atoms with Gasteiger partial charge in [-0.25, -0.2) is 0 Å². The smallest absolute Gasteiger partial charge is 0.148 e. The topological polar surface area (TPSA) is 34.1 Å². The van der Waals surface area contributed by atoms with Crippen LogP contribution in [-0.4, -0.2) is 22.1 Å². The molecule has 0 radical (unpaired) electrons. The van der Waals surface area contributed by atoms with E-state index in [9.17, 15) is 9.59 Å². The summed E-state index contributed by atoms with van der Waals surface area (Å²) < 4.78 is 0. The number of thioether (sulfide) groups is 1. The van der Waals surface area contributed by atoms with Crippen molar-refractivity contribution >= 4 is 23.3 Å². The van der Waals surface area contributed by atoms with Gasteiger partial charge >= 0.3 is 0 Å². The minimum atomic E-state index is -0.523. The standard InChI is InChI=1S/C23H34O2S/c1-7-18-9-15(5)10-19(8-2)22(18)23-20(24)12-17(13-21(23)25)11-16(6)26-14(3)4/h9-10,14,16-17,23H,7-8,11-13H2,1-6H3. The number of aryl methyl sites for hydroxylation is 3. The SMILES string of the molecule is CCc1cc(C)cc(CC)c1C1C(=O)CC(CC(C)SC(C)C)CC1=O. The van der Waals surface area contributed by atoms with E-state index in [1.54, 1.807) is 0 Å². The third-order valence-corrected chi connectivity index (χ3v) is 6.54. The summed E-state index contributed by atoms with van der Waals surface area (Å²) in [6.45, 7) is 12.9. The monoisotopic (exact) mass is 374 g/mol. The van der Waals surface area contributed by atoms with E-state index in [2.05, 4.69) is 53.7 Å². The largest absolute Gasteiger partial charge is 0.299 e. The highest BCUT2D eigenvalue weighted by Crippen LogP contribution is 2.38. The van der Waals surface area contributed by atoms with Crippen LogP contribution in [0.1, 0.15) is 82.1 Å². The highest BCUT2D eigenvalue weighted by molar-refractivity contribution is 8.00. The normalized spacial score (nSPS) is 22.1. The molecule has 2 nitrogen and oxygen atoms in total. The average molecular weight is 375 g/mol. The lowest BCUT2D eigenvalue weighted by Crippen LogP contribution is -2.34. The van der Waals surface area contributed by atoms with Gasteiger partial charge in [-0.1, -0.05) is 52.3 Å². The number of hydrogen-bond donors (Lipinski definition) is 0. The third kappa shape index (κ3) is 5.00. The minimum absolute atomic E-state index is 0.140. The second kappa shape index (κ2) is 9.21. The Morgan fingerprint density at radius 2 is 1.50 bits per heavy atom. The van der Waals surface area contributed by atoms with Crippen molar-refractivity contribution in [2.45, 2.75) is 90.1 Å². The Morgan fingerprint density at radius 3 is 1.92 bits per heavy atom. The summed E-state index contributed by atoms with van der Waals surface area (Å²) in [5.41, 5.74) is 4.60. The van der Waals surface area contributed by atoms with Gasteiger partial charge in [-0.05, 0) is 54.0 Å². The number of ketones is 2. The molecule has 0 aromatic heterocycles. The summed E-state index contributed by atoms with van der Waals surface area (Å²) in [6, 6.07) is 4.31. The molecular weight excluding hydrogens is 340 g/mol. The molecule has 1 atom stereocenters.